The van der Waals surface area contributed by atoms with Crippen molar-refractivity contribution in [2.75, 3.05) is 13.1 Å². The van der Waals surface area contributed by atoms with Gasteiger partial charge < -0.3 is 9.64 Å². The molecular weight excluding hydrogens is 202 g/mol. The summed E-state index contributed by atoms with van der Waals surface area (Å²) in [5.74, 6) is 0. The fourth-order valence-electron chi connectivity index (χ4n) is 1.44. The molecule has 0 unspecified atom stereocenters. The second-order valence-corrected chi connectivity index (χ2v) is 5.17. The topological polar surface area (TPSA) is 29.5 Å². The van der Waals surface area contributed by atoms with Gasteiger partial charge in [-0.1, -0.05) is 26.7 Å². The SMILES string of the molecule is CCCCCN(CCC)C(=O)OC(C)(C)C. The zero-order valence-corrected chi connectivity index (χ0v) is 11.5. The van der Waals surface area contributed by atoms with Crippen molar-refractivity contribution >= 4 is 6.09 Å². The highest BCUT2D eigenvalue weighted by Crippen LogP contribution is 2.11. The van der Waals surface area contributed by atoms with Crippen molar-refractivity contribution in [3.05, 3.63) is 0 Å². The highest BCUT2D eigenvalue weighted by atomic mass is 16.6. The Bertz CT molecular complexity index is 197. The Hall–Kier alpha value is -0.730. The van der Waals surface area contributed by atoms with E-state index in [9.17, 15) is 4.79 Å². The third-order valence-electron chi connectivity index (χ3n) is 2.18. The number of carbonyl (C=O) groups is 1. The van der Waals surface area contributed by atoms with Crippen molar-refractivity contribution in [1.82, 2.24) is 4.90 Å². The molecule has 0 radical (unpaired) electrons. The second-order valence-electron chi connectivity index (χ2n) is 5.17. The van der Waals surface area contributed by atoms with Gasteiger partial charge in [0, 0.05) is 13.1 Å². The molecule has 0 rings (SSSR count). The summed E-state index contributed by atoms with van der Waals surface area (Å²) >= 11 is 0. The van der Waals surface area contributed by atoms with E-state index in [0.717, 1.165) is 25.9 Å². The van der Waals surface area contributed by atoms with E-state index in [0.29, 0.717) is 0 Å². The van der Waals surface area contributed by atoms with Crippen LogP contribution in [0.4, 0.5) is 4.79 Å². The van der Waals surface area contributed by atoms with Gasteiger partial charge >= 0.3 is 6.09 Å². The van der Waals surface area contributed by atoms with Gasteiger partial charge in [0.25, 0.3) is 0 Å². The third kappa shape index (κ3) is 7.55. The Labute approximate surface area is 100 Å². The minimum atomic E-state index is -0.395. The number of nitrogens with zero attached hydrogens (tertiary/aromatic N) is 1. The Kier molecular flexibility index (Phi) is 7.18. The van der Waals surface area contributed by atoms with Gasteiger partial charge in [0.05, 0.1) is 0 Å². The highest BCUT2D eigenvalue weighted by molar-refractivity contribution is 5.68. The zero-order chi connectivity index (χ0) is 12.6. The molecule has 0 aliphatic carbocycles. The maximum Gasteiger partial charge on any atom is 0.410 e. The Morgan fingerprint density at radius 1 is 1.06 bits per heavy atom. The van der Waals surface area contributed by atoms with E-state index in [1.54, 1.807) is 0 Å². The number of unbranched alkanes of at least 4 members (excludes halogenated alkanes) is 2. The first-order valence-corrected chi connectivity index (χ1v) is 6.38. The Morgan fingerprint density at radius 2 is 1.69 bits per heavy atom. The standard InChI is InChI=1S/C13H27NO2/c1-6-8-9-11-14(10-7-2)12(15)16-13(3,4)5/h6-11H2,1-5H3. The summed E-state index contributed by atoms with van der Waals surface area (Å²) in [6.45, 7) is 11.6. The number of amides is 1. The molecule has 0 saturated heterocycles. The van der Waals surface area contributed by atoms with Crippen molar-refractivity contribution in [3.63, 3.8) is 0 Å². The van der Waals surface area contributed by atoms with Gasteiger partial charge in [-0.3, -0.25) is 0 Å². The lowest BCUT2D eigenvalue weighted by Gasteiger charge is -2.27. The van der Waals surface area contributed by atoms with Gasteiger partial charge in [0.2, 0.25) is 0 Å². The molecule has 0 aliphatic heterocycles. The molecule has 0 N–H and O–H groups in total. The first-order chi connectivity index (χ1) is 7.40. The molecule has 0 saturated carbocycles. The number of rotatable bonds is 6. The second kappa shape index (κ2) is 7.53. The van der Waals surface area contributed by atoms with Crippen molar-refractivity contribution < 1.29 is 9.53 Å². The zero-order valence-electron chi connectivity index (χ0n) is 11.5. The molecule has 0 aliphatic rings. The van der Waals surface area contributed by atoms with Crippen LogP contribution in [0.15, 0.2) is 0 Å². The smallest absolute Gasteiger partial charge is 0.410 e. The monoisotopic (exact) mass is 229 g/mol. The number of hydrogen-bond acceptors (Lipinski definition) is 2. The van der Waals surface area contributed by atoms with Crippen LogP contribution in [0.25, 0.3) is 0 Å². The molecule has 0 aromatic heterocycles. The summed E-state index contributed by atoms with van der Waals surface area (Å²) < 4.78 is 5.37. The summed E-state index contributed by atoms with van der Waals surface area (Å²) in [4.78, 5) is 13.7. The van der Waals surface area contributed by atoms with Gasteiger partial charge in [0.1, 0.15) is 5.60 Å². The molecule has 0 aromatic carbocycles. The first kappa shape index (κ1) is 15.3. The van der Waals surface area contributed by atoms with Crippen LogP contribution in [0.1, 0.15) is 60.3 Å². The normalized spacial score (nSPS) is 11.3. The van der Waals surface area contributed by atoms with Crippen LogP contribution in [-0.4, -0.2) is 29.7 Å². The number of ether oxygens (including phenoxy) is 1. The first-order valence-electron chi connectivity index (χ1n) is 6.38. The maximum atomic E-state index is 11.8. The van der Waals surface area contributed by atoms with E-state index in [4.69, 9.17) is 4.74 Å². The molecule has 1 amide bonds. The molecule has 0 heterocycles. The van der Waals surface area contributed by atoms with Crippen LogP contribution in [0.2, 0.25) is 0 Å². The summed E-state index contributed by atoms with van der Waals surface area (Å²) in [6, 6.07) is 0. The van der Waals surface area contributed by atoms with E-state index in [-0.39, 0.29) is 6.09 Å². The van der Waals surface area contributed by atoms with Gasteiger partial charge in [-0.15, -0.1) is 0 Å². The van der Waals surface area contributed by atoms with Gasteiger partial charge in [0.15, 0.2) is 0 Å². The molecule has 0 fully saturated rings. The number of carbonyl (C=O) groups excluding carboxylic acids is 1. The van der Waals surface area contributed by atoms with E-state index in [1.807, 2.05) is 25.7 Å². The van der Waals surface area contributed by atoms with Crippen molar-refractivity contribution in [2.45, 2.75) is 65.9 Å². The molecule has 0 aromatic rings. The summed E-state index contributed by atoms with van der Waals surface area (Å²) in [6.07, 6.45) is 4.21. The Balaban J connectivity index is 4.12. The Morgan fingerprint density at radius 3 is 2.12 bits per heavy atom. The fraction of sp³-hybridized carbons (Fsp3) is 0.923. The van der Waals surface area contributed by atoms with Crippen LogP contribution < -0.4 is 0 Å². The summed E-state index contributed by atoms with van der Waals surface area (Å²) in [5.41, 5.74) is -0.395. The van der Waals surface area contributed by atoms with Crippen LogP contribution in [0.3, 0.4) is 0 Å². The number of hydrogen-bond donors (Lipinski definition) is 0. The summed E-state index contributed by atoms with van der Waals surface area (Å²) in [7, 11) is 0. The molecule has 3 heteroatoms. The quantitative estimate of drug-likeness (QED) is 0.648. The van der Waals surface area contributed by atoms with E-state index >= 15 is 0 Å². The minimum Gasteiger partial charge on any atom is -0.444 e. The minimum absolute atomic E-state index is 0.176. The van der Waals surface area contributed by atoms with Crippen LogP contribution >= 0.6 is 0 Å². The van der Waals surface area contributed by atoms with Gasteiger partial charge in [-0.2, -0.15) is 0 Å². The molecule has 16 heavy (non-hydrogen) atoms. The van der Waals surface area contributed by atoms with Crippen LogP contribution in [0, 0.1) is 0 Å². The fourth-order valence-corrected chi connectivity index (χ4v) is 1.44. The van der Waals surface area contributed by atoms with E-state index < -0.39 is 5.60 Å². The summed E-state index contributed by atoms with van der Waals surface area (Å²) in [5, 5.41) is 0. The molecule has 96 valence electrons. The van der Waals surface area contributed by atoms with Crippen LogP contribution in [0.5, 0.6) is 0 Å². The van der Waals surface area contributed by atoms with Gasteiger partial charge in [-0.25, -0.2) is 4.79 Å². The van der Waals surface area contributed by atoms with Crippen molar-refractivity contribution in [3.8, 4) is 0 Å². The van der Waals surface area contributed by atoms with Crippen LogP contribution in [-0.2, 0) is 4.74 Å². The average molecular weight is 229 g/mol. The van der Waals surface area contributed by atoms with Crippen molar-refractivity contribution in [1.29, 1.82) is 0 Å². The average Bonchev–Trinajstić information content (AvgIpc) is 2.14. The molecular formula is C13H27NO2. The van der Waals surface area contributed by atoms with E-state index in [2.05, 4.69) is 13.8 Å². The molecule has 0 atom stereocenters. The molecule has 3 nitrogen and oxygen atoms in total. The lowest BCUT2D eigenvalue weighted by molar-refractivity contribution is 0.0247. The maximum absolute atomic E-state index is 11.8. The van der Waals surface area contributed by atoms with Gasteiger partial charge in [-0.05, 0) is 33.6 Å². The highest BCUT2D eigenvalue weighted by Gasteiger charge is 2.20. The molecule has 0 bridgehead atoms. The largest absolute Gasteiger partial charge is 0.444 e. The molecule has 0 spiro atoms. The third-order valence-corrected chi connectivity index (χ3v) is 2.18. The predicted molar refractivity (Wildman–Crippen MR) is 67.6 cm³/mol. The lowest BCUT2D eigenvalue weighted by atomic mass is 10.2. The predicted octanol–water partition coefficient (Wildman–Crippen LogP) is 3.82. The van der Waals surface area contributed by atoms with Crippen molar-refractivity contribution in [2.24, 2.45) is 0 Å². The van der Waals surface area contributed by atoms with E-state index in [1.165, 1.54) is 12.8 Å². The lowest BCUT2D eigenvalue weighted by Crippen LogP contribution is -2.37.